The average Bonchev–Trinajstić information content (AvgIpc) is 2.28. The van der Waals surface area contributed by atoms with E-state index in [2.05, 4.69) is 17.6 Å². The Bertz CT molecular complexity index is 416. The van der Waals surface area contributed by atoms with E-state index in [1.165, 1.54) is 6.92 Å². The number of amides is 2. The minimum Gasteiger partial charge on any atom is -0.345 e. The van der Waals surface area contributed by atoms with Crippen molar-refractivity contribution >= 4 is 17.5 Å². The lowest BCUT2D eigenvalue weighted by atomic mass is 10.1. The van der Waals surface area contributed by atoms with E-state index in [0.717, 1.165) is 17.7 Å². The Hall–Kier alpha value is -1.84. The third kappa shape index (κ3) is 4.26. The molecule has 92 valence electrons. The SMILES string of the molecule is CCc1cccc(NC(=O)[C@@H](C)NC(C)=O)c1. The molecule has 1 rings (SSSR count). The Morgan fingerprint density at radius 1 is 1.35 bits per heavy atom. The first kappa shape index (κ1) is 13.2. The van der Waals surface area contributed by atoms with Crippen molar-refractivity contribution in [1.82, 2.24) is 5.32 Å². The van der Waals surface area contributed by atoms with Gasteiger partial charge in [0.05, 0.1) is 0 Å². The van der Waals surface area contributed by atoms with Crippen LogP contribution in [-0.2, 0) is 16.0 Å². The van der Waals surface area contributed by atoms with E-state index in [1.54, 1.807) is 6.92 Å². The fourth-order valence-electron chi connectivity index (χ4n) is 1.49. The summed E-state index contributed by atoms with van der Waals surface area (Å²) in [5, 5.41) is 5.31. The first-order valence-electron chi connectivity index (χ1n) is 5.69. The van der Waals surface area contributed by atoms with Gasteiger partial charge in [-0.25, -0.2) is 0 Å². The number of rotatable bonds is 4. The van der Waals surface area contributed by atoms with Gasteiger partial charge in [-0.15, -0.1) is 0 Å². The molecular formula is C13H18N2O2. The number of carbonyl (C=O) groups is 2. The van der Waals surface area contributed by atoms with Crippen LogP contribution in [0.1, 0.15) is 26.3 Å². The molecule has 1 aromatic rings. The maximum atomic E-state index is 11.7. The van der Waals surface area contributed by atoms with Crippen LogP contribution in [0.4, 0.5) is 5.69 Å². The van der Waals surface area contributed by atoms with Crippen LogP contribution < -0.4 is 10.6 Å². The molecule has 0 saturated carbocycles. The molecule has 2 N–H and O–H groups in total. The number of anilines is 1. The van der Waals surface area contributed by atoms with E-state index < -0.39 is 6.04 Å². The molecule has 0 saturated heterocycles. The summed E-state index contributed by atoms with van der Waals surface area (Å²) in [6.07, 6.45) is 0.922. The van der Waals surface area contributed by atoms with Gasteiger partial charge < -0.3 is 10.6 Å². The third-order valence-electron chi connectivity index (χ3n) is 2.42. The Balaban J connectivity index is 2.64. The van der Waals surface area contributed by atoms with E-state index in [0.29, 0.717) is 0 Å². The zero-order chi connectivity index (χ0) is 12.8. The molecule has 1 aromatic carbocycles. The van der Waals surface area contributed by atoms with Crippen LogP contribution in [-0.4, -0.2) is 17.9 Å². The second kappa shape index (κ2) is 6.03. The van der Waals surface area contributed by atoms with Crippen molar-refractivity contribution in [2.24, 2.45) is 0 Å². The molecule has 0 fully saturated rings. The molecule has 0 heterocycles. The fourth-order valence-corrected chi connectivity index (χ4v) is 1.49. The summed E-state index contributed by atoms with van der Waals surface area (Å²) >= 11 is 0. The van der Waals surface area contributed by atoms with Crippen LogP contribution in [0.5, 0.6) is 0 Å². The molecular weight excluding hydrogens is 216 g/mol. The first-order valence-corrected chi connectivity index (χ1v) is 5.69. The van der Waals surface area contributed by atoms with Crippen LogP contribution in [0.3, 0.4) is 0 Å². The molecule has 4 heteroatoms. The van der Waals surface area contributed by atoms with Crippen molar-refractivity contribution in [3.05, 3.63) is 29.8 Å². The molecule has 0 spiro atoms. The minimum atomic E-state index is -0.530. The van der Waals surface area contributed by atoms with Crippen molar-refractivity contribution < 1.29 is 9.59 Å². The Labute approximate surface area is 101 Å². The fraction of sp³-hybridized carbons (Fsp3) is 0.385. The molecule has 0 unspecified atom stereocenters. The molecule has 2 amide bonds. The Morgan fingerprint density at radius 3 is 2.65 bits per heavy atom. The predicted octanol–water partition coefficient (Wildman–Crippen LogP) is 1.71. The predicted molar refractivity (Wildman–Crippen MR) is 67.7 cm³/mol. The zero-order valence-electron chi connectivity index (χ0n) is 10.4. The highest BCUT2D eigenvalue weighted by atomic mass is 16.2. The maximum absolute atomic E-state index is 11.7. The molecule has 0 aliphatic rings. The molecule has 0 aromatic heterocycles. The monoisotopic (exact) mass is 234 g/mol. The number of carbonyl (C=O) groups excluding carboxylic acids is 2. The lowest BCUT2D eigenvalue weighted by Gasteiger charge is -2.13. The number of hydrogen-bond acceptors (Lipinski definition) is 2. The van der Waals surface area contributed by atoms with Crippen LogP contribution in [0.15, 0.2) is 24.3 Å². The summed E-state index contributed by atoms with van der Waals surface area (Å²) in [5.74, 6) is -0.427. The van der Waals surface area contributed by atoms with Crippen molar-refractivity contribution in [1.29, 1.82) is 0 Å². The summed E-state index contributed by atoms with van der Waals surface area (Å²) < 4.78 is 0. The van der Waals surface area contributed by atoms with E-state index in [-0.39, 0.29) is 11.8 Å². The summed E-state index contributed by atoms with van der Waals surface area (Å²) in [4.78, 5) is 22.5. The minimum absolute atomic E-state index is 0.213. The summed E-state index contributed by atoms with van der Waals surface area (Å²) in [6, 6.07) is 7.14. The van der Waals surface area contributed by atoms with Gasteiger partial charge in [0.1, 0.15) is 6.04 Å². The molecule has 0 radical (unpaired) electrons. The average molecular weight is 234 g/mol. The number of aryl methyl sites for hydroxylation is 1. The second-order valence-corrected chi connectivity index (χ2v) is 3.97. The molecule has 1 atom stereocenters. The van der Waals surface area contributed by atoms with Crippen LogP contribution >= 0.6 is 0 Å². The molecule has 17 heavy (non-hydrogen) atoms. The van der Waals surface area contributed by atoms with Crippen molar-refractivity contribution in [3.8, 4) is 0 Å². The molecule has 4 nitrogen and oxygen atoms in total. The van der Waals surface area contributed by atoms with Gasteiger partial charge in [-0.05, 0) is 31.0 Å². The van der Waals surface area contributed by atoms with Crippen LogP contribution in [0.2, 0.25) is 0 Å². The molecule has 0 bridgehead atoms. The van der Waals surface area contributed by atoms with Gasteiger partial charge in [-0.2, -0.15) is 0 Å². The van der Waals surface area contributed by atoms with Crippen LogP contribution in [0, 0.1) is 0 Å². The largest absolute Gasteiger partial charge is 0.345 e. The third-order valence-corrected chi connectivity index (χ3v) is 2.42. The Kier molecular flexibility index (Phi) is 4.69. The van der Waals surface area contributed by atoms with Gasteiger partial charge in [0.15, 0.2) is 0 Å². The number of benzene rings is 1. The van der Waals surface area contributed by atoms with Gasteiger partial charge in [0.2, 0.25) is 11.8 Å². The second-order valence-electron chi connectivity index (χ2n) is 3.97. The lowest BCUT2D eigenvalue weighted by molar-refractivity contribution is -0.124. The highest BCUT2D eigenvalue weighted by Crippen LogP contribution is 2.11. The van der Waals surface area contributed by atoms with Crippen LogP contribution in [0.25, 0.3) is 0 Å². The van der Waals surface area contributed by atoms with Gasteiger partial charge in [-0.3, -0.25) is 9.59 Å². The Morgan fingerprint density at radius 2 is 2.06 bits per heavy atom. The smallest absolute Gasteiger partial charge is 0.246 e. The van der Waals surface area contributed by atoms with E-state index in [1.807, 2.05) is 24.3 Å². The van der Waals surface area contributed by atoms with Gasteiger partial charge in [0, 0.05) is 12.6 Å². The van der Waals surface area contributed by atoms with Crippen molar-refractivity contribution in [2.45, 2.75) is 33.2 Å². The number of hydrogen-bond donors (Lipinski definition) is 2. The summed E-state index contributed by atoms with van der Waals surface area (Å²) in [6.45, 7) is 5.10. The zero-order valence-corrected chi connectivity index (χ0v) is 10.4. The van der Waals surface area contributed by atoms with E-state index in [9.17, 15) is 9.59 Å². The number of nitrogens with one attached hydrogen (secondary N) is 2. The topological polar surface area (TPSA) is 58.2 Å². The molecule has 0 aliphatic heterocycles. The van der Waals surface area contributed by atoms with E-state index >= 15 is 0 Å². The van der Waals surface area contributed by atoms with E-state index in [4.69, 9.17) is 0 Å². The normalized spacial score (nSPS) is 11.7. The lowest BCUT2D eigenvalue weighted by Crippen LogP contribution is -2.40. The van der Waals surface area contributed by atoms with Gasteiger partial charge in [-0.1, -0.05) is 19.1 Å². The highest BCUT2D eigenvalue weighted by molar-refractivity contribution is 5.96. The quantitative estimate of drug-likeness (QED) is 0.833. The highest BCUT2D eigenvalue weighted by Gasteiger charge is 2.13. The van der Waals surface area contributed by atoms with Crippen molar-refractivity contribution in [2.75, 3.05) is 5.32 Å². The maximum Gasteiger partial charge on any atom is 0.246 e. The first-order chi connectivity index (χ1) is 8.02. The van der Waals surface area contributed by atoms with Gasteiger partial charge >= 0.3 is 0 Å². The summed E-state index contributed by atoms with van der Waals surface area (Å²) in [7, 11) is 0. The van der Waals surface area contributed by atoms with Crippen molar-refractivity contribution in [3.63, 3.8) is 0 Å². The summed E-state index contributed by atoms with van der Waals surface area (Å²) in [5.41, 5.74) is 1.92. The molecule has 0 aliphatic carbocycles. The standard InChI is InChI=1S/C13H18N2O2/c1-4-11-6-5-7-12(8-11)15-13(17)9(2)14-10(3)16/h5-9H,4H2,1-3H3,(H,14,16)(H,15,17)/t9-/m1/s1. The van der Waals surface area contributed by atoms with Gasteiger partial charge in [0.25, 0.3) is 0 Å².